The molecule has 0 radical (unpaired) electrons. The van der Waals surface area contributed by atoms with Gasteiger partial charge >= 0.3 is 0 Å². The largest absolute Gasteiger partial charge is 0.372 e. The number of nitrogens with zero attached hydrogens (tertiary/aromatic N) is 4. The first-order chi connectivity index (χ1) is 16.1. The minimum Gasteiger partial charge on any atom is -0.372 e. The predicted octanol–water partition coefficient (Wildman–Crippen LogP) is 4.29. The van der Waals surface area contributed by atoms with Gasteiger partial charge in [-0.1, -0.05) is 17.3 Å². The van der Waals surface area contributed by atoms with E-state index in [0.29, 0.717) is 30.4 Å². The monoisotopic (exact) mass is 449 g/mol. The summed E-state index contributed by atoms with van der Waals surface area (Å²) in [4.78, 5) is 21.6. The topological polar surface area (TPSA) is 74.5 Å². The highest BCUT2D eigenvalue weighted by molar-refractivity contribution is 5.92. The smallest absolute Gasteiger partial charge is 0.238 e. The first kappa shape index (κ1) is 21.6. The van der Waals surface area contributed by atoms with E-state index in [1.165, 1.54) is 30.7 Å². The van der Waals surface area contributed by atoms with Gasteiger partial charge in [0.2, 0.25) is 17.6 Å². The third kappa shape index (κ3) is 5.22. The minimum atomic E-state index is -0.334. The third-order valence-electron chi connectivity index (χ3n) is 6.37. The summed E-state index contributed by atoms with van der Waals surface area (Å²) < 4.78 is 19.0. The van der Waals surface area contributed by atoms with Gasteiger partial charge in [-0.3, -0.25) is 9.69 Å². The van der Waals surface area contributed by atoms with Crippen LogP contribution in [0.15, 0.2) is 53.1 Å². The molecule has 2 fully saturated rings. The predicted molar refractivity (Wildman–Crippen MR) is 125 cm³/mol. The molecule has 1 N–H and O–H groups in total. The van der Waals surface area contributed by atoms with Crippen LogP contribution in [0, 0.1) is 5.82 Å². The highest BCUT2D eigenvalue weighted by atomic mass is 19.1. The summed E-state index contributed by atoms with van der Waals surface area (Å²) in [5, 5.41) is 7.03. The summed E-state index contributed by atoms with van der Waals surface area (Å²) in [7, 11) is 0. The number of aromatic nitrogens is 2. The van der Waals surface area contributed by atoms with Crippen molar-refractivity contribution in [2.75, 3.05) is 42.9 Å². The molecule has 7 nitrogen and oxygen atoms in total. The Morgan fingerprint density at radius 2 is 1.91 bits per heavy atom. The van der Waals surface area contributed by atoms with Gasteiger partial charge in [0.15, 0.2) is 0 Å². The molecular formula is C25H28FN5O2. The Hall–Kier alpha value is -3.26. The van der Waals surface area contributed by atoms with Crippen LogP contribution in [0.2, 0.25) is 0 Å². The third-order valence-corrected chi connectivity index (χ3v) is 6.37. The molecule has 2 aliphatic heterocycles. The average Bonchev–Trinajstić information content (AvgIpc) is 3.53. The lowest BCUT2D eigenvalue weighted by atomic mass is 9.98. The number of halogens is 1. The van der Waals surface area contributed by atoms with Gasteiger partial charge in [0.05, 0.1) is 12.5 Å². The van der Waals surface area contributed by atoms with E-state index in [9.17, 15) is 9.18 Å². The van der Waals surface area contributed by atoms with E-state index in [1.807, 2.05) is 12.1 Å². The molecule has 1 atom stereocenters. The van der Waals surface area contributed by atoms with Gasteiger partial charge in [-0.25, -0.2) is 4.39 Å². The summed E-state index contributed by atoms with van der Waals surface area (Å²) in [6, 6.07) is 14.2. The van der Waals surface area contributed by atoms with E-state index >= 15 is 0 Å². The number of anilines is 2. The van der Waals surface area contributed by atoms with E-state index in [0.717, 1.165) is 38.2 Å². The maximum absolute atomic E-state index is 13.5. The van der Waals surface area contributed by atoms with Gasteiger partial charge < -0.3 is 14.7 Å². The van der Waals surface area contributed by atoms with Crippen LogP contribution in [0.5, 0.6) is 0 Å². The van der Waals surface area contributed by atoms with Crippen LogP contribution >= 0.6 is 0 Å². The van der Waals surface area contributed by atoms with Gasteiger partial charge in [-0.15, -0.1) is 0 Å². The fraction of sp³-hybridized carbons (Fsp3) is 0.400. The first-order valence-electron chi connectivity index (χ1n) is 11.6. The number of benzene rings is 2. The van der Waals surface area contributed by atoms with Gasteiger partial charge in [-0.2, -0.15) is 4.98 Å². The molecule has 172 valence electrons. The molecule has 0 spiro atoms. The zero-order valence-electron chi connectivity index (χ0n) is 18.5. The van der Waals surface area contributed by atoms with E-state index in [2.05, 4.69) is 37.4 Å². The van der Waals surface area contributed by atoms with Crippen LogP contribution in [0.25, 0.3) is 11.4 Å². The minimum absolute atomic E-state index is 0.0319. The van der Waals surface area contributed by atoms with Crippen LogP contribution in [0.1, 0.15) is 37.5 Å². The number of nitrogens with one attached hydrogen (secondary N) is 1. The van der Waals surface area contributed by atoms with Crippen molar-refractivity contribution in [3.63, 3.8) is 0 Å². The Balaban J connectivity index is 1.16. The molecule has 0 saturated carbocycles. The van der Waals surface area contributed by atoms with Crippen molar-refractivity contribution in [3.05, 3.63) is 60.2 Å². The molecule has 33 heavy (non-hydrogen) atoms. The molecule has 8 heteroatoms. The van der Waals surface area contributed by atoms with Crippen molar-refractivity contribution in [2.24, 2.45) is 0 Å². The van der Waals surface area contributed by atoms with E-state index < -0.39 is 0 Å². The Morgan fingerprint density at radius 1 is 1.09 bits per heavy atom. The van der Waals surface area contributed by atoms with Crippen molar-refractivity contribution >= 4 is 17.3 Å². The van der Waals surface area contributed by atoms with Crippen molar-refractivity contribution in [1.29, 1.82) is 0 Å². The number of rotatable bonds is 6. The van der Waals surface area contributed by atoms with Gasteiger partial charge in [-0.05, 0) is 68.6 Å². The number of hydrogen-bond acceptors (Lipinski definition) is 6. The number of carbonyl (C=O) groups excluding carboxylic acids is 1. The SMILES string of the molecule is O=C(CN1CCCC(c2nc(-c3cccc(F)c3)no2)C1)Nc1ccc(N2CCCC2)cc1. The van der Waals surface area contributed by atoms with Gasteiger partial charge in [0, 0.05) is 36.6 Å². The molecule has 2 aromatic carbocycles. The molecule has 5 rings (SSSR count). The van der Waals surface area contributed by atoms with Crippen molar-refractivity contribution < 1.29 is 13.7 Å². The standard InChI is InChI=1S/C25H28FN5O2/c26-20-7-3-5-18(15-20)24-28-25(33-29-24)19-6-4-12-30(16-19)17-23(32)27-21-8-10-22(11-9-21)31-13-1-2-14-31/h3,5,7-11,15,19H,1-2,4,6,12-14,16-17H2,(H,27,32). The summed E-state index contributed by atoms with van der Waals surface area (Å²) >= 11 is 0. The molecule has 1 unspecified atom stereocenters. The summed E-state index contributed by atoms with van der Waals surface area (Å²) in [5.74, 6) is 0.615. The summed E-state index contributed by atoms with van der Waals surface area (Å²) in [6.45, 7) is 4.04. The molecule has 0 bridgehead atoms. The molecule has 1 aromatic heterocycles. The maximum atomic E-state index is 13.5. The van der Waals surface area contributed by atoms with E-state index in [4.69, 9.17) is 4.52 Å². The molecule has 2 saturated heterocycles. The highest BCUT2D eigenvalue weighted by Gasteiger charge is 2.27. The van der Waals surface area contributed by atoms with Crippen molar-refractivity contribution in [3.8, 4) is 11.4 Å². The molecule has 3 heterocycles. The van der Waals surface area contributed by atoms with Gasteiger partial charge in [0.25, 0.3) is 0 Å². The Kier molecular flexibility index (Phi) is 6.35. The number of carbonyl (C=O) groups is 1. The zero-order valence-corrected chi connectivity index (χ0v) is 18.5. The van der Waals surface area contributed by atoms with Gasteiger partial charge in [0.1, 0.15) is 5.82 Å². The summed E-state index contributed by atoms with van der Waals surface area (Å²) in [6.07, 6.45) is 4.34. The average molecular weight is 450 g/mol. The molecule has 3 aromatic rings. The summed E-state index contributed by atoms with van der Waals surface area (Å²) in [5.41, 5.74) is 2.61. The highest BCUT2D eigenvalue weighted by Crippen LogP contribution is 2.28. The second-order valence-corrected chi connectivity index (χ2v) is 8.83. The van der Waals surface area contributed by atoms with Crippen LogP contribution in [0.3, 0.4) is 0 Å². The van der Waals surface area contributed by atoms with Crippen molar-refractivity contribution in [2.45, 2.75) is 31.6 Å². The first-order valence-corrected chi connectivity index (χ1v) is 11.6. The lowest BCUT2D eigenvalue weighted by Gasteiger charge is -2.30. The van der Waals surface area contributed by atoms with E-state index in [1.54, 1.807) is 12.1 Å². The number of piperidine rings is 1. The lowest BCUT2D eigenvalue weighted by molar-refractivity contribution is -0.117. The lowest BCUT2D eigenvalue weighted by Crippen LogP contribution is -2.39. The molecular weight excluding hydrogens is 421 g/mol. The number of likely N-dealkylation sites (tertiary alicyclic amines) is 1. The van der Waals surface area contributed by atoms with Crippen molar-refractivity contribution in [1.82, 2.24) is 15.0 Å². The fourth-order valence-corrected chi connectivity index (χ4v) is 4.68. The normalized spacial score (nSPS) is 19.1. The van der Waals surface area contributed by atoms with E-state index in [-0.39, 0.29) is 17.6 Å². The van der Waals surface area contributed by atoms with Crippen LogP contribution in [0.4, 0.5) is 15.8 Å². The molecule has 2 aliphatic rings. The Labute approximate surface area is 192 Å². The van der Waals surface area contributed by atoms with Crippen LogP contribution < -0.4 is 10.2 Å². The molecule has 1 amide bonds. The Morgan fingerprint density at radius 3 is 2.70 bits per heavy atom. The van der Waals surface area contributed by atoms with Crippen LogP contribution in [-0.2, 0) is 4.79 Å². The number of hydrogen-bond donors (Lipinski definition) is 1. The second kappa shape index (κ2) is 9.70. The Bertz CT molecular complexity index is 1090. The molecule has 0 aliphatic carbocycles. The quantitative estimate of drug-likeness (QED) is 0.605. The second-order valence-electron chi connectivity index (χ2n) is 8.83. The fourth-order valence-electron chi connectivity index (χ4n) is 4.68. The van der Waals surface area contributed by atoms with Crippen LogP contribution in [-0.4, -0.2) is 53.7 Å². The maximum Gasteiger partial charge on any atom is 0.238 e. The number of amides is 1. The zero-order chi connectivity index (χ0) is 22.6.